The summed E-state index contributed by atoms with van der Waals surface area (Å²) in [6.45, 7) is 5.81. The Bertz CT molecular complexity index is 32.3. The molecule has 86 valence electrons. The first-order chi connectivity index (χ1) is 5.74. The molecule has 1 N–H and O–H groups in total. The van der Waals surface area contributed by atoms with Crippen molar-refractivity contribution in [1.82, 2.24) is 0 Å². The third-order valence-corrected chi connectivity index (χ3v) is 0.612. The molecule has 0 saturated heterocycles. The molecule has 0 aliphatic heterocycles. The molecular weight excluding hydrogens is 351 g/mol. The van der Waals surface area contributed by atoms with E-state index in [9.17, 15) is 15.3 Å². The van der Waals surface area contributed by atoms with Crippen molar-refractivity contribution in [3.8, 4) is 0 Å². The Balaban J connectivity index is -0.0000000270. The molecule has 0 rings (SSSR count). The summed E-state index contributed by atoms with van der Waals surface area (Å²) in [5, 5.41) is 27.9. The molecule has 0 fully saturated rings. The molecule has 0 saturated carbocycles. The number of rotatable bonds is 3. The van der Waals surface area contributed by atoms with Gasteiger partial charge in [0.05, 0.1) is 0 Å². The fourth-order valence-electron chi connectivity index (χ4n) is 0. The van der Waals surface area contributed by atoms with E-state index < -0.39 is 0 Å². The van der Waals surface area contributed by atoms with Crippen molar-refractivity contribution in [3.05, 3.63) is 0 Å². The van der Waals surface area contributed by atoms with Crippen LogP contribution in [0, 0.1) is 0 Å². The van der Waals surface area contributed by atoms with Gasteiger partial charge < -0.3 is 20.8 Å². The zero-order chi connectivity index (χ0) is 10.2. The van der Waals surface area contributed by atoms with Crippen LogP contribution in [0.1, 0.15) is 40.0 Å². The van der Waals surface area contributed by atoms with Crippen molar-refractivity contribution in [1.29, 1.82) is 0 Å². The predicted octanol–water partition coefficient (Wildman–Crippen LogP) is -0.909. The van der Waals surface area contributed by atoms with Crippen molar-refractivity contribution in [2.24, 2.45) is 0 Å². The standard InChI is InChI=1S/3C3H7O.Hf.H2O/c3*1-2-3-4;;/h3*2-3H2,1H3;;1H2/q3*-1;+4;/p-1. The summed E-state index contributed by atoms with van der Waals surface area (Å²) in [4.78, 5) is 0. The van der Waals surface area contributed by atoms with E-state index in [1.165, 1.54) is 0 Å². The van der Waals surface area contributed by atoms with E-state index in [0.717, 1.165) is 19.3 Å². The summed E-state index contributed by atoms with van der Waals surface area (Å²) in [5.41, 5.74) is 0. The van der Waals surface area contributed by atoms with Gasteiger partial charge in [0.1, 0.15) is 0 Å². The first-order valence-corrected chi connectivity index (χ1v) is 4.49. The third-order valence-electron chi connectivity index (χ3n) is 0.612. The Hall–Kier alpha value is 0.710. The van der Waals surface area contributed by atoms with Crippen molar-refractivity contribution in [2.45, 2.75) is 40.0 Å². The molecule has 0 aromatic carbocycles. The van der Waals surface area contributed by atoms with Crippen LogP contribution in [0.15, 0.2) is 0 Å². The molecule has 0 unspecified atom stereocenters. The second-order valence-corrected chi connectivity index (χ2v) is 2.11. The minimum Gasteiger partial charge on any atom is -0.870 e. The molecule has 0 heterocycles. The van der Waals surface area contributed by atoms with Crippen LogP contribution in [0.2, 0.25) is 0 Å². The Labute approximate surface area is 106 Å². The van der Waals surface area contributed by atoms with Crippen LogP contribution < -0.4 is 15.3 Å². The molecule has 5 heteroatoms. The zero-order valence-electron chi connectivity index (χ0n) is 9.41. The average molecular weight is 373 g/mol. The van der Waals surface area contributed by atoms with Crippen molar-refractivity contribution < 1.29 is 46.6 Å². The topological polar surface area (TPSA) is 99.2 Å². The normalized spacial score (nSPS) is 6.43. The van der Waals surface area contributed by atoms with Crippen LogP contribution in [-0.2, 0) is 25.8 Å². The molecule has 0 aromatic rings. The molecule has 0 spiro atoms. The van der Waals surface area contributed by atoms with E-state index in [0.29, 0.717) is 0 Å². The molecule has 0 radical (unpaired) electrons. The first-order valence-electron chi connectivity index (χ1n) is 4.49. The van der Waals surface area contributed by atoms with E-state index in [1.807, 2.05) is 20.8 Å². The maximum Gasteiger partial charge on any atom is 4.00 e. The quantitative estimate of drug-likeness (QED) is 0.599. The predicted molar refractivity (Wildman–Crippen MR) is 47.4 cm³/mol. The smallest absolute Gasteiger partial charge is 0.870 e. The molecule has 14 heavy (non-hydrogen) atoms. The molecule has 0 aliphatic carbocycles. The van der Waals surface area contributed by atoms with Gasteiger partial charge in [-0.25, -0.2) is 0 Å². The fraction of sp³-hybridized carbons (Fsp3) is 1.00. The van der Waals surface area contributed by atoms with Crippen molar-refractivity contribution in [2.75, 3.05) is 19.8 Å². The summed E-state index contributed by atoms with van der Waals surface area (Å²) in [6.07, 6.45) is 2.29. The van der Waals surface area contributed by atoms with Gasteiger partial charge in [-0.1, -0.05) is 40.0 Å². The van der Waals surface area contributed by atoms with Crippen LogP contribution >= 0.6 is 0 Å². The zero-order valence-corrected chi connectivity index (χ0v) is 13.0. The molecule has 0 amide bonds. The van der Waals surface area contributed by atoms with E-state index in [2.05, 4.69) is 0 Å². The van der Waals surface area contributed by atoms with Gasteiger partial charge >= 0.3 is 25.8 Å². The molecule has 0 aliphatic rings. The maximum absolute atomic E-state index is 9.30. The van der Waals surface area contributed by atoms with Crippen molar-refractivity contribution in [3.63, 3.8) is 0 Å². The van der Waals surface area contributed by atoms with Gasteiger partial charge in [0, 0.05) is 0 Å². The SMILES string of the molecule is CCC[O-].CCC[O-].CCC[O-].[Hf+4].[OH-]. The van der Waals surface area contributed by atoms with E-state index >= 15 is 0 Å². The second kappa shape index (κ2) is 49.2. The Kier molecular flexibility index (Phi) is 103. The van der Waals surface area contributed by atoms with Crippen molar-refractivity contribution >= 4 is 0 Å². The summed E-state index contributed by atoms with van der Waals surface area (Å²) < 4.78 is 0. The summed E-state index contributed by atoms with van der Waals surface area (Å²) >= 11 is 0. The number of hydrogen-bond donors (Lipinski definition) is 0. The monoisotopic (exact) mass is 374 g/mol. The summed E-state index contributed by atoms with van der Waals surface area (Å²) in [7, 11) is 0. The van der Waals surface area contributed by atoms with Gasteiger partial charge in [0.25, 0.3) is 0 Å². The van der Waals surface area contributed by atoms with Gasteiger partial charge in [-0.15, -0.1) is 19.8 Å². The molecule has 0 bridgehead atoms. The van der Waals surface area contributed by atoms with E-state index in [4.69, 9.17) is 0 Å². The summed E-state index contributed by atoms with van der Waals surface area (Å²) in [5.74, 6) is 0. The molecule has 0 aromatic heterocycles. The Morgan fingerprint density at radius 3 is 0.714 bits per heavy atom. The third kappa shape index (κ3) is 127. The van der Waals surface area contributed by atoms with Crippen LogP contribution in [0.25, 0.3) is 0 Å². The molecule has 4 nitrogen and oxygen atoms in total. The van der Waals surface area contributed by atoms with Gasteiger partial charge in [-0.2, -0.15) is 0 Å². The van der Waals surface area contributed by atoms with Gasteiger partial charge in [0.15, 0.2) is 0 Å². The molecule has 0 atom stereocenters. The summed E-state index contributed by atoms with van der Waals surface area (Å²) in [6, 6.07) is 0. The Morgan fingerprint density at radius 2 is 0.714 bits per heavy atom. The largest absolute Gasteiger partial charge is 4.00 e. The van der Waals surface area contributed by atoms with Crippen LogP contribution in [0.3, 0.4) is 0 Å². The molecular formula is C9H22HfO4. The first kappa shape index (κ1) is 29.3. The Morgan fingerprint density at radius 1 is 0.643 bits per heavy atom. The number of hydrogen-bond acceptors (Lipinski definition) is 4. The van der Waals surface area contributed by atoms with Gasteiger partial charge in [-0.05, 0) is 0 Å². The van der Waals surface area contributed by atoms with E-state index in [-0.39, 0.29) is 51.1 Å². The van der Waals surface area contributed by atoms with Gasteiger partial charge in [0.2, 0.25) is 0 Å². The minimum atomic E-state index is 0. The fourth-order valence-corrected chi connectivity index (χ4v) is 0. The van der Waals surface area contributed by atoms with Gasteiger partial charge in [-0.3, -0.25) is 0 Å². The maximum atomic E-state index is 9.30. The van der Waals surface area contributed by atoms with Crippen LogP contribution in [0.5, 0.6) is 0 Å². The van der Waals surface area contributed by atoms with Crippen LogP contribution in [0.4, 0.5) is 0 Å². The average Bonchev–Trinajstić information content (AvgIpc) is 2.18. The van der Waals surface area contributed by atoms with E-state index in [1.54, 1.807) is 0 Å². The second-order valence-electron chi connectivity index (χ2n) is 2.11. The van der Waals surface area contributed by atoms with Crippen LogP contribution in [-0.4, -0.2) is 25.3 Å². The minimum absolute atomic E-state index is 0.